The Morgan fingerprint density at radius 2 is 1.24 bits per heavy atom. The third-order valence-corrected chi connectivity index (χ3v) is 12.9. The summed E-state index contributed by atoms with van der Waals surface area (Å²) in [5.41, 5.74) is 10.8. The van der Waals surface area contributed by atoms with Gasteiger partial charge in [-0.2, -0.15) is 0 Å². The lowest BCUT2D eigenvalue weighted by Crippen LogP contribution is -2.08. The molecule has 294 valence electrons. The molecule has 4 nitrogen and oxygen atoms in total. The van der Waals surface area contributed by atoms with Crippen molar-refractivity contribution in [1.82, 2.24) is 19.5 Å². The molecule has 3 heterocycles. The van der Waals surface area contributed by atoms with E-state index in [-0.39, 0.29) is 5.92 Å². The van der Waals surface area contributed by atoms with Crippen molar-refractivity contribution in [3.8, 4) is 50.7 Å². The van der Waals surface area contributed by atoms with Crippen LogP contribution in [0.15, 0.2) is 213 Å². The maximum atomic E-state index is 5.32. The third-order valence-electron chi connectivity index (χ3n) is 11.7. The fourth-order valence-corrected chi connectivity index (χ4v) is 9.93. The number of aromatic nitrogens is 4. The number of hydrogen-bond acceptors (Lipinski definition) is 4. The Bertz CT molecular complexity index is 3380. The first-order chi connectivity index (χ1) is 30.7. The molecular formula is C57H40N4S. The average molecular weight is 813 g/mol. The lowest BCUT2D eigenvalue weighted by Gasteiger charge is -2.21. The number of rotatable bonds is 9. The molecule has 0 spiro atoms. The van der Waals surface area contributed by atoms with Crippen LogP contribution in [0.4, 0.5) is 0 Å². The number of hydrogen-bond donors (Lipinski definition) is 0. The van der Waals surface area contributed by atoms with Crippen LogP contribution in [0.25, 0.3) is 98.8 Å². The fraction of sp³-hybridized carbons (Fsp3) is 0.0351. The predicted octanol–water partition coefficient (Wildman–Crippen LogP) is 15.4. The van der Waals surface area contributed by atoms with E-state index in [4.69, 9.17) is 15.0 Å². The van der Waals surface area contributed by atoms with Gasteiger partial charge < -0.3 is 4.57 Å². The van der Waals surface area contributed by atoms with E-state index in [1.807, 2.05) is 29.6 Å². The van der Waals surface area contributed by atoms with Crippen LogP contribution in [-0.4, -0.2) is 19.5 Å². The highest BCUT2D eigenvalue weighted by molar-refractivity contribution is 7.26. The van der Waals surface area contributed by atoms with Gasteiger partial charge in [-0.25, -0.2) is 15.0 Å². The first-order valence-corrected chi connectivity index (χ1v) is 21.8. The summed E-state index contributed by atoms with van der Waals surface area (Å²) < 4.78 is 5.09. The Kier molecular flexibility index (Phi) is 9.64. The van der Waals surface area contributed by atoms with E-state index >= 15 is 0 Å². The zero-order valence-corrected chi connectivity index (χ0v) is 34.7. The Morgan fingerprint density at radius 3 is 1.95 bits per heavy atom. The van der Waals surface area contributed by atoms with Gasteiger partial charge >= 0.3 is 0 Å². The number of allylic oxidation sites excluding steroid dienone is 8. The first kappa shape index (κ1) is 37.3. The molecule has 0 saturated heterocycles. The molecule has 1 unspecified atom stereocenters. The molecular weight excluding hydrogens is 773 g/mol. The summed E-state index contributed by atoms with van der Waals surface area (Å²) >= 11 is 1.86. The Morgan fingerprint density at radius 1 is 0.565 bits per heavy atom. The smallest absolute Gasteiger partial charge is 0.163 e. The van der Waals surface area contributed by atoms with Crippen LogP contribution in [0.5, 0.6) is 0 Å². The van der Waals surface area contributed by atoms with Crippen molar-refractivity contribution in [2.75, 3.05) is 0 Å². The lowest BCUT2D eigenvalue weighted by atomic mass is 9.92. The van der Waals surface area contributed by atoms with E-state index in [1.54, 1.807) is 6.08 Å². The van der Waals surface area contributed by atoms with Gasteiger partial charge in [0.25, 0.3) is 0 Å². The summed E-state index contributed by atoms with van der Waals surface area (Å²) in [5.74, 6) is 2.07. The quantitative estimate of drug-likeness (QED) is 0.136. The van der Waals surface area contributed by atoms with Crippen LogP contribution in [0.2, 0.25) is 0 Å². The number of thiophene rings is 1. The van der Waals surface area contributed by atoms with E-state index in [2.05, 4.69) is 199 Å². The largest absolute Gasteiger partial charge is 0.307 e. The van der Waals surface area contributed by atoms with Gasteiger partial charge in [-0.1, -0.05) is 189 Å². The van der Waals surface area contributed by atoms with Gasteiger partial charge in [-0.05, 0) is 53.4 Å². The molecule has 1 aliphatic rings. The van der Waals surface area contributed by atoms with Gasteiger partial charge in [0.2, 0.25) is 0 Å². The SMILES string of the molecule is C=C/C=C\C=C\c1ccc(-c2nc(-c3cc(-c4ccccc4)c(-n4c5ccccc5c5ccc6sc7ccccc7c6c54)c(-c4ccccc4)c3)nc(C3C=CC=CC3)n2)cc1. The molecule has 0 N–H and O–H groups in total. The van der Waals surface area contributed by atoms with E-state index in [0.717, 1.165) is 62.4 Å². The minimum Gasteiger partial charge on any atom is -0.307 e. The monoisotopic (exact) mass is 812 g/mol. The molecule has 0 bridgehead atoms. The van der Waals surface area contributed by atoms with Crippen molar-refractivity contribution in [1.29, 1.82) is 0 Å². The van der Waals surface area contributed by atoms with Gasteiger partial charge in [0.05, 0.1) is 16.7 Å². The molecule has 1 atom stereocenters. The second-order valence-electron chi connectivity index (χ2n) is 15.5. The molecule has 5 heteroatoms. The molecule has 1 aliphatic carbocycles. The van der Waals surface area contributed by atoms with Crippen LogP contribution in [0.3, 0.4) is 0 Å². The van der Waals surface area contributed by atoms with Gasteiger partial charge in [0, 0.05) is 59.1 Å². The van der Waals surface area contributed by atoms with Gasteiger partial charge in [-0.15, -0.1) is 11.3 Å². The van der Waals surface area contributed by atoms with Crippen LogP contribution in [-0.2, 0) is 0 Å². The normalized spacial score (nSPS) is 14.0. The van der Waals surface area contributed by atoms with E-state index in [1.165, 1.54) is 36.5 Å². The number of para-hydroxylation sites is 1. The van der Waals surface area contributed by atoms with Crippen molar-refractivity contribution in [3.05, 3.63) is 224 Å². The maximum Gasteiger partial charge on any atom is 0.163 e. The van der Waals surface area contributed by atoms with Gasteiger partial charge in [-0.3, -0.25) is 0 Å². The second kappa shape index (κ2) is 16.0. The Hall–Kier alpha value is -7.73. The standard InChI is InChI=1S/C57H40N4S/c1-2-3-4-8-19-38-30-32-42(33-31-38)56-58-55(41-24-13-7-14-25-41)59-57(60-56)43-36-47(39-20-9-5-10-21-39)53(48(37-43)40-22-11-6-12-23-40)61-49-28-17-15-26-44(49)45-34-35-51-52(54(45)61)46-27-16-18-29-50(46)62-51/h2-24,26-37,41H,1,25H2/b4-3-,19-8+. The molecule has 0 saturated carbocycles. The Labute approximate surface area is 364 Å². The summed E-state index contributed by atoms with van der Waals surface area (Å²) in [6, 6.07) is 56.8. The summed E-state index contributed by atoms with van der Waals surface area (Å²) in [7, 11) is 0. The van der Waals surface area contributed by atoms with Crippen molar-refractivity contribution in [2.24, 2.45) is 0 Å². The molecule has 62 heavy (non-hydrogen) atoms. The highest BCUT2D eigenvalue weighted by Crippen LogP contribution is 2.47. The molecule has 0 radical (unpaired) electrons. The molecule has 3 aromatic heterocycles. The Balaban J connectivity index is 1.21. The zero-order chi connectivity index (χ0) is 41.4. The van der Waals surface area contributed by atoms with Gasteiger partial charge in [0.1, 0.15) is 5.82 Å². The molecule has 7 aromatic carbocycles. The summed E-state index contributed by atoms with van der Waals surface area (Å²) in [4.78, 5) is 15.8. The fourth-order valence-electron chi connectivity index (χ4n) is 8.82. The number of benzene rings is 7. The van der Waals surface area contributed by atoms with Crippen molar-refractivity contribution < 1.29 is 0 Å². The maximum absolute atomic E-state index is 5.32. The van der Waals surface area contributed by atoms with Gasteiger partial charge in [0.15, 0.2) is 11.6 Å². The van der Waals surface area contributed by atoms with Crippen LogP contribution in [0.1, 0.15) is 23.7 Å². The second-order valence-corrected chi connectivity index (χ2v) is 16.6. The molecule has 0 aliphatic heterocycles. The minimum absolute atomic E-state index is 0.0289. The van der Waals surface area contributed by atoms with E-state index in [9.17, 15) is 0 Å². The van der Waals surface area contributed by atoms with Crippen LogP contribution >= 0.6 is 11.3 Å². The van der Waals surface area contributed by atoms with Crippen LogP contribution < -0.4 is 0 Å². The van der Waals surface area contributed by atoms with Crippen molar-refractivity contribution >= 4 is 59.4 Å². The predicted molar refractivity (Wildman–Crippen MR) is 263 cm³/mol. The average Bonchev–Trinajstić information content (AvgIpc) is 3.89. The van der Waals surface area contributed by atoms with E-state index in [0.29, 0.717) is 11.6 Å². The minimum atomic E-state index is 0.0289. The highest BCUT2D eigenvalue weighted by Gasteiger charge is 2.25. The number of nitrogens with zero attached hydrogens (tertiary/aromatic N) is 4. The molecule has 0 amide bonds. The highest BCUT2D eigenvalue weighted by atomic mass is 32.1. The first-order valence-electron chi connectivity index (χ1n) is 21.0. The third kappa shape index (κ3) is 6.69. The molecule has 0 fully saturated rings. The molecule has 10 aromatic rings. The number of fused-ring (bicyclic) bond motifs is 7. The van der Waals surface area contributed by atoms with Crippen LogP contribution in [0, 0.1) is 0 Å². The topological polar surface area (TPSA) is 43.6 Å². The summed E-state index contributed by atoms with van der Waals surface area (Å²) in [6.07, 6.45) is 19.1. The lowest BCUT2D eigenvalue weighted by molar-refractivity contribution is 0.764. The van der Waals surface area contributed by atoms with E-state index < -0.39 is 0 Å². The zero-order valence-electron chi connectivity index (χ0n) is 33.9. The van der Waals surface area contributed by atoms with Crippen molar-refractivity contribution in [2.45, 2.75) is 12.3 Å². The summed E-state index contributed by atoms with van der Waals surface area (Å²) in [5, 5.41) is 5.00. The molecule has 11 rings (SSSR count). The van der Waals surface area contributed by atoms with Crippen molar-refractivity contribution in [3.63, 3.8) is 0 Å². The summed E-state index contributed by atoms with van der Waals surface area (Å²) in [6.45, 7) is 3.77.